The Labute approximate surface area is 245 Å². The third kappa shape index (κ3) is 5.37. The lowest BCUT2D eigenvalue weighted by Crippen LogP contribution is -2.51. The van der Waals surface area contributed by atoms with Crippen LogP contribution in [0.3, 0.4) is 0 Å². The molecule has 2 N–H and O–H groups in total. The monoisotopic (exact) mass is 654 g/mol. The molecule has 45 heavy (non-hydrogen) atoms. The fourth-order valence-corrected chi connectivity index (χ4v) is 4.54. The van der Waals surface area contributed by atoms with E-state index >= 15 is 26.3 Å². The van der Waals surface area contributed by atoms with Crippen LogP contribution in [0, 0.1) is 0 Å². The molecule has 0 aliphatic carbocycles. The molecule has 0 saturated carbocycles. The number of phenolic OH excluding ortho intramolecular Hbond substituents is 2. The highest BCUT2D eigenvalue weighted by atomic mass is 19.4. The Morgan fingerprint density at radius 2 is 0.689 bits per heavy atom. The van der Waals surface area contributed by atoms with Gasteiger partial charge in [0.1, 0.15) is 23.0 Å². The number of halogens is 12. The number of phenols is 2. The third-order valence-corrected chi connectivity index (χ3v) is 6.87. The molecule has 0 heterocycles. The molecule has 0 aliphatic rings. The first-order valence-corrected chi connectivity index (χ1v) is 12.4. The van der Waals surface area contributed by atoms with Crippen LogP contribution in [0.25, 0.3) is 0 Å². The van der Waals surface area contributed by atoms with Gasteiger partial charge in [-0.15, -0.1) is 0 Å². The van der Waals surface area contributed by atoms with Gasteiger partial charge in [-0.1, -0.05) is 48.5 Å². The van der Waals surface area contributed by atoms with Crippen LogP contribution in [0.5, 0.6) is 23.0 Å². The van der Waals surface area contributed by atoms with Crippen LogP contribution < -0.4 is 4.74 Å². The number of hydrogen-bond donors (Lipinski definition) is 2. The highest BCUT2D eigenvalue weighted by Crippen LogP contribution is 2.60. The van der Waals surface area contributed by atoms with Gasteiger partial charge in [-0.25, -0.2) is 8.78 Å². The lowest BCUT2D eigenvalue weighted by Gasteiger charge is -2.36. The summed E-state index contributed by atoms with van der Waals surface area (Å²) in [6.07, 6.45) is -12.4. The third-order valence-electron chi connectivity index (χ3n) is 6.87. The number of ether oxygens (including phenoxy) is 1. The fourth-order valence-electron chi connectivity index (χ4n) is 4.54. The zero-order valence-electron chi connectivity index (χ0n) is 22.1. The Balaban J connectivity index is 1.66. The molecular formula is C30H18F12O3. The van der Waals surface area contributed by atoms with Crippen molar-refractivity contribution < 1.29 is 67.6 Å². The molecule has 4 aromatic carbocycles. The molecule has 0 spiro atoms. The Bertz CT molecular complexity index is 1530. The SMILES string of the molecule is Oc1ccccc1C(F)(F)C(F)(c1ccc(Oc2ccc(C(F)(C(F)(F)F)C(F)(F)c3ccccc3O)cc2)cc1)C(F)(F)F. The minimum Gasteiger partial charge on any atom is -0.507 e. The molecule has 0 aromatic heterocycles. The number of rotatable bonds is 8. The molecule has 4 rings (SSSR count). The zero-order chi connectivity index (χ0) is 33.6. The molecular weight excluding hydrogens is 636 g/mol. The second-order valence-corrected chi connectivity index (χ2v) is 9.65. The maximum absolute atomic E-state index is 15.5. The highest BCUT2D eigenvalue weighted by molar-refractivity contribution is 5.45. The number of aromatic hydroxyl groups is 2. The van der Waals surface area contributed by atoms with Crippen LogP contribution in [0.2, 0.25) is 0 Å². The first-order chi connectivity index (χ1) is 20.7. The predicted molar refractivity (Wildman–Crippen MR) is 135 cm³/mol. The Hall–Kier alpha value is -4.56. The Morgan fingerprint density at radius 1 is 0.400 bits per heavy atom. The van der Waals surface area contributed by atoms with E-state index in [1.165, 1.54) is 0 Å². The molecule has 15 heteroatoms. The Morgan fingerprint density at radius 3 is 0.956 bits per heavy atom. The van der Waals surface area contributed by atoms with Crippen molar-refractivity contribution in [2.45, 2.75) is 35.5 Å². The average Bonchev–Trinajstić information content (AvgIpc) is 2.96. The van der Waals surface area contributed by atoms with E-state index in [2.05, 4.69) is 0 Å². The predicted octanol–water partition coefficient (Wildman–Crippen LogP) is 9.93. The normalized spacial score (nSPS) is 15.6. The van der Waals surface area contributed by atoms with Gasteiger partial charge in [-0.2, -0.15) is 43.9 Å². The van der Waals surface area contributed by atoms with Crippen molar-refractivity contribution in [2.24, 2.45) is 0 Å². The van der Waals surface area contributed by atoms with Gasteiger partial charge in [0.25, 0.3) is 11.3 Å². The summed E-state index contributed by atoms with van der Waals surface area (Å²) < 4.78 is 179. The summed E-state index contributed by atoms with van der Waals surface area (Å²) in [6, 6.07) is 9.40. The van der Waals surface area contributed by atoms with Crippen LogP contribution in [-0.4, -0.2) is 22.6 Å². The zero-order valence-corrected chi connectivity index (χ0v) is 22.1. The van der Waals surface area contributed by atoms with Gasteiger partial charge in [0.15, 0.2) is 0 Å². The van der Waals surface area contributed by atoms with E-state index < -0.39 is 80.8 Å². The van der Waals surface area contributed by atoms with Crippen LogP contribution in [0.4, 0.5) is 52.7 Å². The van der Waals surface area contributed by atoms with Crippen molar-refractivity contribution in [2.75, 3.05) is 0 Å². The van der Waals surface area contributed by atoms with Gasteiger partial charge in [-0.3, -0.25) is 0 Å². The first kappa shape index (κ1) is 33.3. The second-order valence-electron chi connectivity index (χ2n) is 9.65. The second kappa shape index (κ2) is 11.1. The van der Waals surface area contributed by atoms with Crippen molar-refractivity contribution >= 4 is 0 Å². The summed E-state index contributed by atoms with van der Waals surface area (Å²) in [6.45, 7) is 0. The summed E-state index contributed by atoms with van der Waals surface area (Å²) >= 11 is 0. The number of para-hydroxylation sites is 2. The van der Waals surface area contributed by atoms with Crippen LogP contribution in [-0.2, 0) is 23.2 Å². The van der Waals surface area contributed by atoms with Gasteiger partial charge in [-0.05, 0) is 48.5 Å². The minimum atomic E-state index is -6.22. The van der Waals surface area contributed by atoms with E-state index in [-0.39, 0.29) is 24.3 Å². The number of benzene rings is 4. The summed E-state index contributed by atoms with van der Waals surface area (Å²) in [5, 5.41) is 19.4. The Kier molecular flexibility index (Phi) is 8.23. The van der Waals surface area contributed by atoms with E-state index in [9.17, 15) is 36.6 Å². The topological polar surface area (TPSA) is 49.7 Å². The quantitative estimate of drug-likeness (QED) is 0.186. The molecule has 240 valence electrons. The van der Waals surface area contributed by atoms with Crippen LogP contribution in [0.15, 0.2) is 97.1 Å². The molecule has 2 atom stereocenters. The maximum atomic E-state index is 15.5. The van der Waals surface area contributed by atoms with Crippen molar-refractivity contribution in [3.05, 3.63) is 119 Å². The van der Waals surface area contributed by atoms with Gasteiger partial charge in [0.2, 0.25) is 0 Å². The van der Waals surface area contributed by atoms with E-state index in [0.717, 1.165) is 24.3 Å². The van der Waals surface area contributed by atoms with E-state index in [1.54, 1.807) is 0 Å². The molecule has 0 amide bonds. The van der Waals surface area contributed by atoms with Crippen molar-refractivity contribution in [3.8, 4) is 23.0 Å². The summed E-state index contributed by atoms with van der Waals surface area (Å²) in [7, 11) is 0. The average molecular weight is 654 g/mol. The number of hydrogen-bond acceptors (Lipinski definition) is 3. The first-order valence-electron chi connectivity index (χ1n) is 12.4. The smallest absolute Gasteiger partial charge is 0.433 e. The lowest BCUT2D eigenvalue weighted by atomic mass is 9.84. The molecule has 0 aliphatic heterocycles. The van der Waals surface area contributed by atoms with E-state index in [1.807, 2.05) is 0 Å². The summed E-state index contributed by atoms with van der Waals surface area (Å²) in [4.78, 5) is 0. The number of alkyl halides is 12. The van der Waals surface area contributed by atoms with Gasteiger partial charge in [0, 0.05) is 11.1 Å². The van der Waals surface area contributed by atoms with E-state index in [4.69, 9.17) is 4.74 Å². The lowest BCUT2D eigenvalue weighted by molar-refractivity contribution is -0.315. The largest absolute Gasteiger partial charge is 0.507 e. The molecule has 0 saturated heterocycles. The molecule has 3 nitrogen and oxygen atoms in total. The van der Waals surface area contributed by atoms with Gasteiger partial charge >= 0.3 is 24.2 Å². The highest BCUT2D eigenvalue weighted by Gasteiger charge is 2.74. The maximum Gasteiger partial charge on any atom is 0.433 e. The molecule has 4 aromatic rings. The van der Waals surface area contributed by atoms with Crippen molar-refractivity contribution in [3.63, 3.8) is 0 Å². The van der Waals surface area contributed by atoms with Crippen molar-refractivity contribution in [1.82, 2.24) is 0 Å². The van der Waals surface area contributed by atoms with Crippen molar-refractivity contribution in [1.29, 1.82) is 0 Å². The molecule has 0 fully saturated rings. The van der Waals surface area contributed by atoms with Gasteiger partial charge < -0.3 is 14.9 Å². The molecule has 0 bridgehead atoms. The molecule has 2 unspecified atom stereocenters. The molecule has 0 radical (unpaired) electrons. The summed E-state index contributed by atoms with van der Waals surface area (Å²) in [5.41, 5.74) is -17.2. The minimum absolute atomic E-state index is 0.286. The van der Waals surface area contributed by atoms with Crippen LogP contribution in [0.1, 0.15) is 22.3 Å². The summed E-state index contributed by atoms with van der Waals surface area (Å²) in [5.74, 6) is -14.2. The fraction of sp³-hybridized carbons (Fsp3) is 0.200. The van der Waals surface area contributed by atoms with E-state index in [0.29, 0.717) is 48.5 Å². The van der Waals surface area contributed by atoms with Gasteiger partial charge in [0.05, 0.1) is 11.1 Å². The van der Waals surface area contributed by atoms with Crippen LogP contribution >= 0.6 is 0 Å². The standard InChI is InChI=1S/C30H18F12O3/c31-25(29(37,38)39,27(33,34)21-5-1-3-7-23(21)43)17-9-13-19(14-10-17)45-20-15-11-18(12-16-20)26(32,30(40,41)42)28(35,36)22-6-2-4-8-24(22)44/h1-16,43-44H.